The minimum atomic E-state index is -0.557. The van der Waals surface area contributed by atoms with Crippen molar-refractivity contribution in [3.8, 4) is 0 Å². The lowest BCUT2D eigenvalue weighted by molar-refractivity contribution is -0.0688. The van der Waals surface area contributed by atoms with Gasteiger partial charge in [-0.05, 0) is 95.0 Å². The molecule has 0 saturated heterocycles. The largest absolute Gasteiger partial charge is 0.389 e. The third-order valence-electron chi connectivity index (χ3n) is 7.49. The first kappa shape index (κ1) is 17.1. The number of H-pyrrole nitrogens is 1. The van der Waals surface area contributed by atoms with Crippen molar-refractivity contribution in [2.24, 2.45) is 23.2 Å². The van der Waals surface area contributed by atoms with E-state index in [0.717, 1.165) is 34.6 Å². The molecule has 2 atom stereocenters. The fraction of sp³-hybridized carbons (Fsp3) is 0.762. The van der Waals surface area contributed by atoms with Crippen LogP contribution in [0.3, 0.4) is 0 Å². The number of rotatable bonds is 4. The summed E-state index contributed by atoms with van der Waals surface area (Å²) in [6, 6.07) is 0.214. The first-order chi connectivity index (χ1) is 11.8. The average molecular weight is 344 g/mol. The Balaban J connectivity index is 1.53. The summed E-state index contributed by atoms with van der Waals surface area (Å²) in [5.41, 5.74) is 3.55. The summed E-state index contributed by atoms with van der Waals surface area (Å²) < 4.78 is 0. The van der Waals surface area contributed by atoms with Gasteiger partial charge in [-0.3, -0.25) is 4.79 Å². The standard InChI is InChI=1S/C21H32N2O2/c1-11-18(13(3)24)12(2)22-19(11)20(25)23-14(4)21-8-15-5-16(9-21)7-17(6-15)10-21/h13-17,22,24H,5-10H2,1-4H3,(H,23,25)/t13-,14-,15?,16?,17?,21?/m0/s1. The molecule has 0 aliphatic heterocycles. The van der Waals surface area contributed by atoms with Crippen LogP contribution in [0.15, 0.2) is 0 Å². The number of nitrogens with one attached hydrogen (secondary N) is 2. The summed E-state index contributed by atoms with van der Waals surface area (Å²) in [6.45, 7) is 7.82. The Hall–Kier alpha value is -1.29. The van der Waals surface area contributed by atoms with E-state index >= 15 is 0 Å². The van der Waals surface area contributed by atoms with Gasteiger partial charge in [-0.2, -0.15) is 0 Å². The monoisotopic (exact) mass is 344 g/mol. The average Bonchev–Trinajstić information content (AvgIpc) is 2.80. The number of hydrogen-bond donors (Lipinski definition) is 3. The van der Waals surface area contributed by atoms with Crippen molar-refractivity contribution < 1.29 is 9.90 Å². The Morgan fingerprint density at radius 1 is 1.12 bits per heavy atom. The molecule has 0 unspecified atom stereocenters. The third kappa shape index (κ3) is 2.73. The van der Waals surface area contributed by atoms with E-state index in [4.69, 9.17) is 0 Å². The number of aliphatic hydroxyl groups excluding tert-OH is 1. The van der Waals surface area contributed by atoms with E-state index in [0.29, 0.717) is 11.1 Å². The number of carbonyl (C=O) groups excluding carboxylic acids is 1. The van der Waals surface area contributed by atoms with Gasteiger partial charge in [-0.1, -0.05) is 0 Å². The summed E-state index contributed by atoms with van der Waals surface area (Å²) >= 11 is 0. The highest BCUT2D eigenvalue weighted by Crippen LogP contribution is 2.61. The SMILES string of the molecule is Cc1[nH]c(C(=O)N[C@@H](C)C23CC4CC(CC(C4)C2)C3)c(C)c1[C@H](C)O. The van der Waals surface area contributed by atoms with E-state index in [-0.39, 0.29) is 11.9 Å². The van der Waals surface area contributed by atoms with Gasteiger partial charge in [-0.25, -0.2) is 0 Å². The summed E-state index contributed by atoms with van der Waals surface area (Å²) in [7, 11) is 0. The fourth-order valence-electron chi connectivity index (χ4n) is 6.75. The zero-order chi connectivity index (χ0) is 17.9. The van der Waals surface area contributed by atoms with E-state index in [2.05, 4.69) is 17.2 Å². The van der Waals surface area contributed by atoms with Crippen LogP contribution in [0.25, 0.3) is 0 Å². The number of aromatic amines is 1. The number of amides is 1. The number of carbonyl (C=O) groups is 1. The highest BCUT2D eigenvalue weighted by Gasteiger charge is 2.53. The van der Waals surface area contributed by atoms with E-state index in [1.165, 1.54) is 38.5 Å². The van der Waals surface area contributed by atoms with Crippen molar-refractivity contribution in [1.29, 1.82) is 0 Å². The van der Waals surface area contributed by atoms with Gasteiger partial charge in [0.1, 0.15) is 5.69 Å². The molecule has 1 heterocycles. The quantitative estimate of drug-likeness (QED) is 0.772. The third-order valence-corrected chi connectivity index (χ3v) is 7.49. The molecule has 1 amide bonds. The van der Waals surface area contributed by atoms with Crippen molar-refractivity contribution in [3.05, 3.63) is 22.5 Å². The minimum absolute atomic E-state index is 0.0178. The second-order valence-corrected chi connectivity index (χ2v) is 9.31. The zero-order valence-electron chi connectivity index (χ0n) is 16.0. The lowest BCUT2D eigenvalue weighted by atomic mass is 9.48. The molecule has 3 N–H and O–H groups in total. The molecule has 0 radical (unpaired) electrons. The molecule has 4 fully saturated rings. The molecule has 4 aliphatic carbocycles. The Labute approximate surface area is 150 Å². The highest BCUT2D eigenvalue weighted by atomic mass is 16.3. The van der Waals surface area contributed by atoms with E-state index < -0.39 is 6.10 Å². The Kier molecular flexibility index (Phi) is 4.02. The predicted molar refractivity (Wildman–Crippen MR) is 98.4 cm³/mol. The smallest absolute Gasteiger partial charge is 0.268 e. The maximum absolute atomic E-state index is 12.9. The van der Waals surface area contributed by atoms with Crippen molar-refractivity contribution in [2.75, 3.05) is 0 Å². The second-order valence-electron chi connectivity index (χ2n) is 9.31. The van der Waals surface area contributed by atoms with Crippen LogP contribution in [-0.2, 0) is 0 Å². The van der Waals surface area contributed by atoms with Gasteiger partial charge in [0.25, 0.3) is 5.91 Å². The van der Waals surface area contributed by atoms with Crippen molar-refractivity contribution in [3.63, 3.8) is 0 Å². The van der Waals surface area contributed by atoms with Crippen molar-refractivity contribution >= 4 is 5.91 Å². The van der Waals surface area contributed by atoms with Crippen LogP contribution in [0.5, 0.6) is 0 Å². The molecular formula is C21H32N2O2. The molecule has 1 aromatic heterocycles. The fourth-order valence-corrected chi connectivity index (χ4v) is 6.75. The first-order valence-electron chi connectivity index (χ1n) is 9.97. The zero-order valence-corrected chi connectivity index (χ0v) is 16.0. The van der Waals surface area contributed by atoms with E-state index in [1.807, 2.05) is 13.8 Å². The van der Waals surface area contributed by atoms with Gasteiger partial charge in [0, 0.05) is 17.3 Å². The minimum Gasteiger partial charge on any atom is -0.389 e. The molecule has 5 rings (SSSR count). The van der Waals surface area contributed by atoms with Gasteiger partial charge in [0.15, 0.2) is 0 Å². The van der Waals surface area contributed by atoms with Gasteiger partial charge in [-0.15, -0.1) is 0 Å². The Morgan fingerprint density at radius 2 is 1.64 bits per heavy atom. The molecule has 25 heavy (non-hydrogen) atoms. The summed E-state index contributed by atoms with van der Waals surface area (Å²) in [5.74, 6) is 2.65. The topological polar surface area (TPSA) is 65.1 Å². The summed E-state index contributed by atoms with van der Waals surface area (Å²) in [4.78, 5) is 16.1. The Bertz CT molecular complexity index is 653. The highest BCUT2D eigenvalue weighted by molar-refractivity contribution is 5.94. The van der Waals surface area contributed by atoms with Crippen LogP contribution >= 0.6 is 0 Å². The molecule has 4 saturated carbocycles. The summed E-state index contributed by atoms with van der Waals surface area (Å²) in [5, 5.41) is 13.3. The number of hydrogen-bond acceptors (Lipinski definition) is 2. The number of aromatic nitrogens is 1. The maximum Gasteiger partial charge on any atom is 0.268 e. The number of aliphatic hydroxyl groups is 1. The first-order valence-corrected chi connectivity index (χ1v) is 9.97. The van der Waals surface area contributed by atoms with Crippen molar-refractivity contribution in [2.45, 2.75) is 78.4 Å². The Morgan fingerprint density at radius 3 is 2.08 bits per heavy atom. The van der Waals surface area contributed by atoms with Gasteiger partial charge in [0.2, 0.25) is 0 Å². The summed E-state index contributed by atoms with van der Waals surface area (Å²) in [6.07, 6.45) is 7.59. The second kappa shape index (κ2) is 5.87. The van der Waals surface area contributed by atoms with Crippen LogP contribution in [0.1, 0.15) is 85.8 Å². The normalized spacial score (nSPS) is 35.6. The van der Waals surface area contributed by atoms with Crippen LogP contribution < -0.4 is 5.32 Å². The van der Waals surface area contributed by atoms with Gasteiger partial charge >= 0.3 is 0 Å². The molecule has 1 aromatic rings. The molecular weight excluding hydrogens is 312 g/mol. The molecule has 138 valence electrons. The molecule has 4 heteroatoms. The van der Waals surface area contributed by atoms with Crippen LogP contribution in [0.2, 0.25) is 0 Å². The molecule has 4 bridgehead atoms. The van der Waals surface area contributed by atoms with E-state index in [9.17, 15) is 9.90 Å². The van der Waals surface area contributed by atoms with E-state index in [1.54, 1.807) is 6.92 Å². The van der Waals surface area contributed by atoms with Crippen LogP contribution in [-0.4, -0.2) is 22.0 Å². The van der Waals surface area contributed by atoms with Crippen LogP contribution in [0.4, 0.5) is 0 Å². The molecule has 0 aromatic carbocycles. The van der Waals surface area contributed by atoms with Crippen molar-refractivity contribution in [1.82, 2.24) is 10.3 Å². The predicted octanol–water partition coefficient (Wildman–Crippen LogP) is 4.02. The maximum atomic E-state index is 12.9. The van der Waals surface area contributed by atoms with Crippen LogP contribution in [0, 0.1) is 37.0 Å². The van der Waals surface area contributed by atoms with Gasteiger partial charge < -0.3 is 15.4 Å². The number of aryl methyl sites for hydroxylation is 1. The van der Waals surface area contributed by atoms with Gasteiger partial charge in [0.05, 0.1) is 6.10 Å². The molecule has 4 aliphatic rings. The molecule has 4 nitrogen and oxygen atoms in total. The lowest BCUT2D eigenvalue weighted by Gasteiger charge is -2.59. The molecule has 0 spiro atoms. The lowest BCUT2D eigenvalue weighted by Crippen LogP contribution is -2.55.